The predicted molar refractivity (Wildman–Crippen MR) is 111 cm³/mol. The molecule has 3 aromatic rings. The summed E-state index contributed by atoms with van der Waals surface area (Å²) in [4.78, 5) is 12.4. The van der Waals surface area contributed by atoms with Gasteiger partial charge in [-0.15, -0.1) is 0 Å². The smallest absolute Gasteiger partial charge is 0.367 e. The van der Waals surface area contributed by atoms with Crippen molar-refractivity contribution < 1.29 is 27.8 Å². The lowest BCUT2D eigenvalue weighted by Crippen LogP contribution is -2.42. The highest BCUT2D eigenvalue weighted by Gasteiger charge is 2.54. The van der Waals surface area contributed by atoms with E-state index in [-0.39, 0.29) is 18.2 Å². The minimum Gasteiger partial charge on any atom is -0.426 e. The molecule has 3 heterocycles. The molecule has 1 fully saturated rings. The fourth-order valence-corrected chi connectivity index (χ4v) is 4.14. The summed E-state index contributed by atoms with van der Waals surface area (Å²) in [5.41, 5.74) is 4.85. The summed E-state index contributed by atoms with van der Waals surface area (Å²) in [6.45, 7) is 1.10. The lowest BCUT2D eigenvalue weighted by atomic mass is 9.99. The third-order valence-corrected chi connectivity index (χ3v) is 5.74. The maximum Gasteiger partial charge on any atom is 0.367 e. The number of fused-ring (bicyclic) bond motifs is 1. The Balaban J connectivity index is 1.52. The standard InChI is InChI=1S/C18H22FN6O5P/c1-18(8-28-31(27)30-10-6-4-3-5-7-10)13(26)11(19)16(29-18)25-9-22-12-14(21-2)23-17(20)24-15(12)25/h3-7,9,11,13,16,26,31H,8H2,1-2H3,(H3,20,21,23,24)/t11-,13-,16+,18+/m0/s1. The zero-order chi connectivity index (χ0) is 22.2. The summed E-state index contributed by atoms with van der Waals surface area (Å²) in [5, 5.41) is 13.3. The van der Waals surface area contributed by atoms with E-state index in [1.54, 1.807) is 37.4 Å². The zero-order valence-corrected chi connectivity index (χ0v) is 17.7. The van der Waals surface area contributed by atoms with E-state index in [2.05, 4.69) is 20.3 Å². The summed E-state index contributed by atoms with van der Waals surface area (Å²) in [6.07, 6.45) is -3.33. The molecule has 0 aliphatic carbocycles. The number of halogens is 1. The number of rotatable bonds is 7. The van der Waals surface area contributed by atoms with Gasteiger partial charge in [0.1, 0.15) is 17.5 Å². The molecular weight excluding hydrogens is 430 g/mol. The van der Waals surface area contributed by atoms with E-state index in [1.165, 1.54) is 17.8 Å². The molecule has 1 aromatic carbocycles. The number of hydrogen-bond donors (Lipinski definition) is 3. The first-order valence-corrected chi connectivity index (χ1v) is 10.6. The van der Waals surface area contributed by atoms with Crippen LogP contribution in [0.4, 0.5) is 16.2 Å². The van der Waals surface area contributed by atoms with Crippen LogP contribution in [-0.2, 0) is 13.8 Å². The van der Waals surface area contributed by atoms with Gasteiger partial charge in [0, 0.05) is 7.05 Å². The van der Waals surface area contributed by atoms with E-state index in [1.807, 2.05) is 0 Å². The summed E-state index contributed by atoms with van der Waals surface area (Å²) in [7, 11) is -1.31. The van der Waals surface area contributed by atoms with Gasteiger partial charge in [-0.25, -0.2) is 13.9 Å². The highest BCUT2D eigenvalue weighted by molar-refractivity contribution is 7.33. The SMILES string of the molecule is CNc1nc(N)nc2c1ncn2[C@@H]1O[C@](C)(CO[PH](=O)Oc2ccccc2)[C@@H](O)[C@@H]1F. The molecule has 13 heteroatoms. The van der Waals surface area contributed by atoms with E-state index in [9.17, 15) is 9.67 Å². The normalized spacial score (nSPS) is 26.8. The number of ether oxygens (including phenoxy) is 1. The summed E-state index contributed by atoms with van der Waals surface area (Å²) in [6, 6.07) is 8.48. The first kappa shape index (κ1) is 21.4. The van der Waals surface area contributed by atoms with Gasteiger partial charge in [-0.2, -0.15) is 9.97 Å². The number of alkyl halides is 1. The molecule has 4 N–H and O–H groups in total. The van der Waals surface area contributed by atoms with Crippen molar-refractivity contribution in [1.82, 2.24) is 19.5 Å². The van der Waals surface area contributed by atoms with E-state index >= 15 is 4.39 Å². The number of aromatic nitrogens is 4. The average Bonchev–Trinajstić information content (AvgIpc) is 3.27. The minimum atomic E-state index is -2.95. The Morgan fingerprint density at radius 3 is 2.84 bits per heavy atom. The van der Waals surface area contributed by atoms with Gasteiger partial charge in [-0.1, -0.05) is 18.2 Å². The summed E-state index contributed by atoms with van der Waals surface area (Å²) >= 11 is 0. The summed E-state index contributed by atoms with van der Waals surface area (Å²) < 4.78 is 44.8. The third-order valence-electron chi connectivity index (χ3n) is 4.96. The average molecular weight is 452 g/mol. The molecule has 4 rings (SSSR count). The van der Waals surface area contributed by atoms with Gasteiger partial charge in [-0.3, -0.25) is 9.09 Å². The Morgan fingerprint density at radius 1 is 1.39 bits per heavy atom. The maximum atomic E-state index is 15.1. The van der Waals surface area contributed by atoms with Crippen LogP contribution < -0.4 is 15.6 Å². The Labute approximate surface area is 177 Å². The van der Waals surface area contributed by atoms with E-state index in [4.69, 9.17) is 19.5 Å². The van der Waals surface area contributed by atoms with E-state index in [0.717, 1.165) is 0 Å². The molecule has 166 valence electrons. The second-order valence-corrected chi connectivity index (χ2v) is 8.16. The molecule has 31 heavy (non-hydrogen) atoms. The van der Waals surface area contributed by atoms with Gasteiger partial charge in [-0.05, 0) is 19.1 Å². The number of benzene rings is 1. The molecule has 1 aliphatic heterocycles. The highest BCUT2D eigenvalue weighted by Crippen LogP contribution is 2.42. The molecule has 0 spiro atoms. The molecule has 0 bridgehead atoms. The second kappa shape index (κ2) is 8.39. The van der Waals surface area contributed by atoms with Crippen molar-refractivity contribution in [3.8, 4) is 5.75 Å². The Bertz CT molecular complexity index is 1100. The van der Waals surface area contributed by atoms with Crippen molar-refractivity contribution in [2.75, 3.05) is 24.7 Å². The number of nitrogens with one attached hydrogen (secondary N) is 1. The highest BCUT2D eigenvalue weighted by atomic mass is 31.1. The number of aliphatic hydroxyl groups is 1. The lowest BCUT2D eigenvalue weighted by molar-refractivity contribution is -0.110. The molecule has 0 radical (unpaired) electrons. The molecular formula is C18H22FN6O5P. The second-order valence-electron chi connectivity index (χ2n) is 7.17. The quantitative estimate of drug-likeness (QED) is 0.454. The van der Waals surface area contributed by atoms with Crippen molar-refractivity contribution in [3.05, 3.63) is 36.7 Å². The number of imidazole rings is 1. The molecule has 0 saturated carbocycles. The van der Waals surface area contributed by atoms with Gasteiger partial charge in [0.25, 0.3) is 0 Å². The number of hydrogen-bond acceptors (Lipinski definition) is 10. The molecule has 0 amide bonds. The van der Waals surface area contributed by atoms with Crippen molar-refractivity contribution in [2.24, 2.45) is 0 Å². The number of para-hydroxylation sites is 1. The molecule has 1 aliphatic rings. The van der Waals surface area contributed by atoms with Crippen molar-refractivity contribution >= 4 is 31.2 Å². The fraction of sp³-hybridized carbons (Fsp3) is 0.389. The third kappa shape index (κ3) is 4.07. The Morgan fingerprint density at radius 2 is 2.13 bits per heavy atom. The Kier molecular flexibility index (Phi) is 5.80. The monoisotopic (exact) mass is 452 g/mol. The van der Waals surface area contributed by atoms with Gasteiger partial charge >= 0.3 is 8.25 Å². The number of nitrogens with two attached hydrogens (primary N) is 1. The van der Waals surface area contributed by atoms with Gasteiger partial charge in [0.05, 0.1) is 12.9 Å². The van der Waals surface area contributed by atoms with Crippen LogP contribution in [0.3, 0.4) is 0 Å². The van der Waals surface area contributed by atoms with Crippen LogP contribution >= 0.6 is 8.25 Å². The molecule has 5 atom stereocenters. The van der Waals surface area contributed by atoms with Crippen LogP contribution in [0.25, 0.3) is 11.2 Å². The number of anilines is 2. The first-order chi connectivity index (χ1) is 14.8. The van der Waals surface area contributed by atoms with Crippen molar-refractivity contribution in [1.29, 1.82) is 0 Å². The topological polar surface area (TPSA) is 147 Å². The molecule has 1 unspecified atom stereocenters. The van der Waals surface area contributed by atoms with Crippen molar-refractivity contribution in [3.63, 3.8) is 0 Å². The largest absolute Gasteiger partial charge is 0.426 e. The lowest BCUT2D eigenvalue weighted by Gasteiger charge is -2.26. The summed E-state index contributed by atoms with van der Waals surface area (Å²) in [5.74, 6) is 0.710. The van der Waals surface area contributed by atoms with Crippen LogP contribution in [0, 0.1) is 0 Å². The van der Waals surface area contributed by atoms with Crippen LogP contribution in [-0.4, -0.2) is 56.2 Å². The minimum absolute atomic E-state index is 0.0321. The predicted octanol–water partition coefficient (Wildman–Crippen LogP) is 1.92. The Hall–Kier alpha value is -2.79. The molecule has 2 aromatic heterocycles. The fourth-order valence-electron chi connectivity index (χ4n) is 3.34. The van der Waals surface area contributed by atoms with Crippen molar-refractivity contribution in [2.45, 2.75) is 31.0 Å². The van der Waals surface area contributed by atoms with Gasteiger partial charge in [0.2, 0.25) is 5.95 Å². The van der Waals surface area contributed by atoms with Crippen LogP contribution in [0.1, 0.15) is 13.2 Å². The number of nitrogen functional groups attached to an aromatic ring is 1. The number of aliphatic hydroxyl groups excluding tert-OH is 1. The van der Waals surface area contributed by atoms with Crippen LogP contribution in [0.5, 0.6) is 5.75 Å². The zero-order valence-electron chi connectivity index (χ0n) is 16.7. The maximum absolute atomic E-state index is 15.1. The van der Waals surface area contributed by atoms with E-state index in [0.29, 0.717) is 17.1 Å². The van der Waals surface area contributed by atoms with Crippen LogP contribution in [0.2, 0.25) is 0 Å². The van der Waals surface area contributed by atoms with Gasteiger partial charge in [0.15, 0.2) is 29.4 Å². The molecule has 11 nitrogen and oxygen atoms in total. The van der Waals surface area contributed by atoms with E-state index < -0.39 is 32.4 Å². The van der Waals surface area contributed by atoms with Crippen LogP contribution in [0.15, 0.2) is 36.7 Å². The first-order valence-electron chi connectivity index (χ1n) is 9.40. The molecule has 1 saturated heterocycles. The van der Waals surface area contributed by atoms with Gasteiger partial charge < -0.3 is 25.4 Å². The number of nitrogens with zero attached hydrogens (tertiary/aromatic N) is 4.